The molecule has 0 bridgehead atoms. The molecule has 0 amide bonds. The number of halogens is 1. The number of tetrazole rings is 1. The first-order valence-electron chi connectivity index (χ1n) is 6.50. The largest absolute Gasteiger partial charge is 0.214 e. The quantitative estimate of drug-likeness (QED) is 0.678. The molecule has 21 heavy (non-hydrogen) atoms. The van der Waals surface area contributed by atoms with E-state index >= 15 is 0 Å². The van der Waals surface area contributed by atoms with Crippen LogP contribution in [0.2, 0.25) is 5.02 Å². The van der Waals surface area contributed by atoms with Gasteiger partial charge in [0.05, 0.1) is 5.69 Å². The second-order valence-electron chi connectivity index (χ2n) is 4.49. The molecule has 1 aromatic heterocycles. The van der Waals surface area contributed by atoms with Crippen molar-refractivity contribution < 1.29 is 0 Å². The Morgan fingerprint density at radius 2 is 1.76 bits per heavy atom. The predicted octanol–water partition coefficient (Wildman–Crippen LogP) is 4.17. The van der Waals surface area contributed by atoms with Crippen LogP contribution in [0.15, 0.2) is 59.8 Å². The van der Waals surface area contributed by atoms with Crippen LogP contribution in [-0.2, 0) is 0 Å². The summed E-state index contributed by atoms with van der Waals surface area (Å²) < 4.78 is 1.73. The maximum Gasteiger partial charge on any atom is 0.214 e. The molecule has 3 rings (SSSR count). The molecule has 1 unspecified atom stereocenters. The Bertz CT molecular complexity index is 729. The summed E-state index contributed by atoms with van der Waals surface area (Å²) in [5.41, 5.74) is 2.02. The lowest BCUT2D eigenvalue weighted by Crippen LogP contribution is -2.00. The molecule has 3 aromatic rings. The second-order valence-corrected chi connectivity index (χ2v) is 6.21. The van der Waals surface area contributed by atoms with Gasteiger partial charge >= 0.3 is 0 Å². The zero-order valence-corrected chi connectivity index (χ0v) is 12.9. The maximum atomic E-state index is 6.24. The van der Waals surface area contributed by atoms with Crippen molar-refractivity contribution in [2.24, 2.45) is 0 Å². The molecular formula is C15H13ClN4S. The number of thioether (sulfide) groups is 1. The lowest BCUT2D eigenvalue weighted by Gasteiger charge is -2.12. The average Bonchev–Trinajstić information content (AvgIpc) is 2.96. The molecule has 0 spiro atoms. The van der Waals surface area contributed by atoms with E-state index in [1.807, 2.05) is 54.6 Å². The fraction of sp³-hybridized carbons (Fsp3) is 0.133. The van der Waals surface area contributed by atoms with Gasteiger partial charge in [-0.1, -0.05) is 59.8 Å². The minimum absolute atomic E-state index is 0.159. The highest BCUT2D eigenvalue weighted by Gasteiger charge is 2.16. The van der Waals surface area contributed by atoms with Gasteiger partial charge in [0.15, 0.2) is 0 Å². The van der Waals surface area contributed by atoms with Crippen molar-refractivity contribution in [3.05, 3.63) is 65.2 Å². The molecule has 1 atom stereocenters. The van der Waals surface area contributed by atoms with Gasteiger partial charge in [-0.2, -0.15) is 4.68 Å². The van der Waals surface area contributed by atoms with Gasteiger partial charge < -0.3 is 0 Å². The second kappa shape index (κ2) is 6.28. The minimum Gasteiger partial charge on any atom is -0.187 e. The van der Waals surface area contributed by atoms with E-state index < -0.39 is 0 Å². The topological polar surface area (TPSA) is 43.6 Å². The number of para-hydroxylation sites is 1. The fourth-order valence-electron chi connectivity index (χ4n) is 2.01. The molecule has 106 valence electrons. The van der Waals surface area contributed by atoms with E-state index in [-0.39, 0.29) is 5.25 Å². The molecule has 0 fully saturated rings. The summed E-state index contributed by atoms with van der Waals surface area (Å²) in [6.45, 7) is 2.09. The third kappa shape index (κ3) is 3.09. The summed E-state index contributed by atoms with van der Waals surface area (Å²) in [5, 5.41) is 13.6. The van der Waals surface area contributed by atoms with Crippen LogP contribution in [0.5, 0.6) is 0 Å². The van der Waals surface area contributed by atoms with Crippen LogP contribution in [0, 0.1) is 0 Å². The monoisotopic (exact) mass is 316 g/mol. The van der Waals surface area contributed by atoms with Gasteiger partial charge in [-0.25, -0.2) is 0 Å². The summed E-state index contributed by atoms with van der Waals surface area (Å²) in [6, 6.07) is 17.7. The van der Waals surface area contributed by atoms with Crippen molar-refractivity contribution in [2.75, 3.05) is 0 Å². The van der Waals surface area contributed by atoms with Crippen LogP contribution < -0.4 is 0 Å². The first-order valence-corrected chi connectivity index (χ1v) is 7.76. The summed E-state index contributed by atoms with van der Waals surface area (Å²) in [7, 11) is 0. The number of benzene rings is 2. The molecule has 0 saturated heterocycles. The summed E-state index contributed by atoms with van der Waals surface area (Å²) in [4.78, 5) is 0. The molecule has 0 N–H and O–H groups in total. The van der Waals surface area contributed by atoms with Gasteiger partial charge in [-0.15, -0.1) is 5.10 Å². The Balaban J connectivity index is 1.87. The molecule has 0 aliphatic rings. The first kappa shape index (κ1) is 14.1. The minimum atomic E-state index is 0.159. The smallest absolute Gasteiger partial charge is 0.187 e. The van der Waals surface area contributed by atoms with E-state index in [1.54, 1.807) is 16.4 Å². The third-order valence-corrected chi connectivity index (χ3v) is 4.48. The van der Waals surface area contributed by atoms with Crippen molar-refractivity contribution in [3.8, 4) is 5.69 Å². The van der Waals surface area contributed by atoms with E-state index in [0.29, 0.717) is 0 Å². The molecule has 0 radical (unpaired) electrons. The van der Waals surface area contributed by atoms with Gasteiger partial charge in [0.1, 0.15) is 0 Å². The Morgan fingerprint density at radius 3 is 2.52 bits per heavy atom. The Kier molecular flexibility index (Phi) is 4.22. The molecule has 1 heterocycles. The molecule has 0 aliphatic heterocycles. The van der Waals surface area contributed by atoms with Gasteiger partial charge in [0.2, 0.25) is 5.16 Å². The van der Waals surface area contributed by atoms with Crippen molar-refractivity contribution in [2.45, 2.75) is 17.3 Å². The van der Waals surface area contributed by atoms with Gasteiger partial charge in [0.25, 0.3) is 0 Å². The lowest BCUT2D eigenvalue weighted by atomic mass is 10.2. The first-order chi connectivity index (χ1) is 10.3. The number of hydrogen-bond acceptors (Lipinski definition) is 4. The van der Waals surface area contributed by atoms with Crippen molar-refractivity contribution in [1.29, 1.82) is 0 Å². The SMILES string of the molecule is CC(Sc1nnnn1-c1ccccc1)c1ccccc1Cl. The van der Waals surface area contributed by atoms with Gasteiger partial charge in [-0.05, 0) is 41.1 Å². The van der Waals surface area contributed by atoms with E-state index in [4.69, 9.17) is 11.6 Å². The van der Waals surface area contributed by atoms with Crippen LogP contribution in [0.3, 0.4) is 0 Å². The van der Waals surface area contributed by atoms with Crippen LogP contribution in [0.1, 0.15) is 17.7 Å². The molecule has 2 aromatic carbocycles. The molecule has 0 aliphatic carbocycles. The van der Waals surface area contributed by atoms with E-state index in [2.05, 4.69) is 22.4 Å². The molecule has 6 heteroatoms. The van der Waals surface area contributed by atoms with Crippen LogP contribution >= 0.6 is 23.4 Å². The fourth-order valence-corrected chi connectivity index (χ4v) is 3.35. The van der Waals surface area contributed by atoms with Crippen molar-refractivity contribution in [1.82, 2.24) is 20.2 Å². The highest BCUT2D eigenvalue weighted by molar-refractivity contribution is 7.99. The number of nitrogens with zero attached hydrogens (tertiary/aromatic N) is 4. The van der Waals surface area contributed by atoms with E-state index in [1.165, 1.54) is 0 Å². The number of hydrogen-bond donors (Lipinski definition) is 0. The normalized spacial score (nSPS) is 12.3. The highest BCUT2D eigenvalue weighted by atomic mass is 35.5. The Hall–Kier alpha value is -1.85. The van der Waals surface area contributed by atoms with Gasteiger partial charge in [0, 0.05) is 10.3 Å². The summed E-state index contributed by atoms with van der Waals surface area (Å²) in [6.07, 6.45) is 0. The van der Waals surface area contributed by atoms with Gasteiger partial charge in [-0.3, -0.25) is 0 Å². The highest BCUT2D eigenvalue weighted by Crippen LogP contribution is 2.37. The number of aromatic nitrogens is 4. The average molecular weight is 317 g/mol. The van der Waals surface area contributed by atoms with Crippen LogP contribution in [-0.4, -0.2) is 20.2 Å². The van der Waals surface area contributed by atoms with Crippen LogP contribution in [0.4, 0.5) is 0 Å². The maximum absolute atomic E-state index is 6.24. The standard InChI is InChI=1S/C15H13ClN4S/c1-11(13-9-5-6-10-14(13)16)21-15-17-18-19-20(15)12-7-3-2-4-8-12/h2-11H,1H3. The molecular weight excluding hydrogens is 304 g/mol. The summed E-state index contributed by atoms with van der Waals surface area (Å²) in [5.74, 6) is 0. The molecule has 0 saturated carbocycles. The predicted molar refractivity (Wildman–Crippen MR) is 84.9 cm³/mol. The third-order valence-electron chi connectivity index (χ3n) is 3.07. The van der Waals surface area contributed by atoms with E-state index in [9.17, 15) is 0 Å². The molecule has 4 nitrogen and oxygen atoms in total. The lowest BCUT2D eigenvalue weighted by molar-refractivity contribution is 0.755. The van der Waals surface area contributed by atoms with E-state index in [0.717, 1.165) is 21.4 Å². The zero-order chi connectivity index (χ0) is 14.7. The van der Waals surface area contributed by atoms with Crippen molar-refractivity contribution >= 4 is 23.4 Å². The Morgan fingerprint density at radius 1 is 1.05 bits per heavy atom. The Labute approximate surface area is 132 Å². The zero-order valence-electron chi connectivity index (χ0n) is 11.3. The summed E-state index contributed by atoms with van der Waals surface area (Å²) >= 11 is 7.83. The van der Waals surface area contributed by atoms with Crippen molar-refractivity contribution in [3.63, 3.8) is 0 Å². The number of rotatable bonds is 4. The van der Waals surface area contributed by atoms with Crippen LogP contribution in [0.25, 0.3) is 5.69 Å².